The van der Waals surface area contributed by atoms with E-state index in [0.717, 1.165) is 28.3 Å². The zero-order valence-corrected chi connectivity index (χ0v) is 9.10. The van der Waals surface area contributed by atoms with E-state index in [9.17, 15) is 4.79 Å². The maximum atomic E-state index is 11.1. The highest BCUT2D eigenvalue weighted by molar-refractivity contribution is 6.00. The van der Waals surface area contributed by atoms with Crippen LogP contribution in [0.15, 0.2) is 54.7 Å². The molecule has 0 aliphatic rings. The second-order valence-corrected chi connectivity index (χ2v) is 3.88. The molecule has 3 rings (SSSR count). The average molecular weight is 222 g/mol. The van der Waals surface area contributed by atoms with Crippen LogP contribution < -0.4 is 0 Å². The summed E-state index contributed by atoms with van der Waals surface area (Å²) in [6.45, 7) is 0. The highest BCUT2D eigenvalue weighted by Crippen LogP contribution is 2.30. The fourth-order valence-electron chi connectivity index (χ4n) is 2.05. The minimum Gasteiger partial charge on any atom is -0.361 e. The van der Waals surface area contributed by atoms with Crippen LogP contribution in [0.3, 0.4) is 0 Å². The van der Waals surface area contributed by atoms with Crippen molar-refractivity contribution in [2.75, 3.05) is 0 Å². The summed E-state index contributed by atoms with van der Waals surface area (Å²) in [5.74, 6) is 0. The predicted molar refractivity (Wildman–Crippen MR) is 69.1 cm³/mol. The number of H-pyrrole nitrogens is 1. The molecule has 0 bridgehead atoms. The van der Waals surface area contributed by atoms with Gasteiger partial charge in [-0.15, -0.1) is 0 Å². The molecule has 1 heterocycles. The summed E-state index contributed by atoms with van der Waals surface area (Å²) in [6.07, 6.45) is 1.17. The second-order valence-electron chi connectivity index (χ2n) is 3.88. The van der Waals surface area contributed by atoms with Crippen molar-refractivity contribution < 1.29 is 6.17 Å². The van der Waals surface area contributed by atoms with Gasteiger partial charge in [0, 0.05) is 28.2 Å². The van der Waals surface area contributed by atoms with Crippen LogP contribution in [0.1, 0.15) is 11.7 Å². The molecule has 1 N–H and O–H groups in total. The number of nitrogens with one attached hydrogen (secondary N) is 1. The SMILES string of the molecule is [2H]c1[nH]c2ccccc2c1-c1ccccc1C=O. The minimum atomic E-state index is 0.338. The molecule has 0 spiro atoms. The molecule has 0 saturated heterocycles. The quantitative estimate of drug-likeness (QED) is 0.659. The topological polar surface area (TPSA) is 32.9 Å². The van der Waals surface area contributed by atoms with Gasteiger partial charge in [-0.05, 0) is 11.6 Å². The molecule has 3 aromatic rings. The highest BCUT2D eigenvalue weighted by Gasteiger charge is 2.08. The van der Waals surface area contributed by atoms with E-state index in [2.05, 4.69) is 4.98 Å². The van der Waals surface area contributed by atoms with Gasteiger partial charge < -0.3 is 4.98 Å². The Morgan fingerprint density at radius 3 is 2.65 bits per heavy atom. The first kappa shape index (κ1) is 8.76. The number of carbonyl (C=O) groups is 1. The van der Waals surface area contributed by atoms with E-state index in [4.69, 9.17) is 1.37 Å². The van der Waals surface area contributed by atoms with Crippen molar-refractivity contribution in [1.29, 1.82) is 0 Å². The second kappa shape index (κ2) is 3.91. The van der Waals surface area contributed by atoms with E-state index in [1.807, 2.05) is 42.5 Å². The standard InChI is InChI=1S/C15H11NO/c17-10-11-5-1-2-6-12(11)14-9-16-15-8-4-3-7-13(14)15/h1-10,16H/i9D. The Hall–Kier alpha value is -2.35. The van der Waals surface area contributed by atoms with E-state index >= 15 is 0 Å². The Bertz CT molecular complexity index is 730. The first-order valence-electron chi connectivity index (χ1n) is 5.93. The van der Waals surface area contributed by atoms with Gasteiger partial charge >= 0.3 is 0 Å². The number of aromatic nitrogens is 1. The number of fused-ring (bicyclic) bond motifs is 1. The zero-order valence-electron chi connectivity index (χ0n) is 10.1. The molecule has 2 aromatic carbocycles. The van der Waals surface area contributed by atoms with Gasteiger partial charge in [0.1, 0.15) is 0 Å². The summed E-state index contributed by atoms with van der Waals surface area (Å²) in [5, 5.41) is 0.969. The third kappa shape index (κ3) is 1.54. The fourth-order valence-corrected chi connectivity index (χ4v) is 2.05. The summed E-state index contributed by atoms with van der Waals surface area (Å²) in [5.41, 5.74) is 3.11. The molecule has 0 amide bonds. The average Bonchev–Trinajstić information content (AvgIpc) is 2.74. The van der Waals surface area contributed by atoms with Crippen LogP contribution in [-0.4, -0.2) is 11.3 Å². The molecule has 82 valence electrons. The lowest BCUT2D eigenvalue weighted by molar-refractivity contribution is 0.112. The number of hydrogen-bond donors (Lipinski definition) is 1. The maximum Gasteiger partial charge on any atom is 0.150 e. The number of rotatable bonds is 2. The smallest absolute Gasteiger partial charge is 0.150 e. The van der Waals surface area contributed by atoms with Crippen molar-refractivity contribution in [1.82, 2.24) is 4.98 Å². The van der Waals surface area contributed by atoms with Crippen molar-refractivity contribution in [2.24, 2.45) is 0 Å². The van der Waals surface area contributed by atoms with Crippen LogP contribution in [0.25, 0.3) is 22.0 Å². The third-order valence-corrected chi connectivity index (χ3v) is 2.88. The highest BCUT2D eigenvalue weighted by atomic mass is 16.1. The largest absolute Gasteiger partial charge is 0.361 e. The maximum absolute atomic E-state index is 11.1. The molecule has 0 fully saturated rings. The first-order valence-corrected chi connectivity index (χ1v) is 5.43. The number of carbonyl (C=O) groups excluding carboxylic acids is 1. The predicted octanol–water partition coefficient (Wildman–Crippen LogP) is 3.65. The van der Waals surface area contributed by atoms with E-state index in [-0.39, 0.29) is 0 Å². The van der Waals surface area contributed by atoms with Crippen LogP contribution in [0.4, 0.5) is 0 Å². The van der Waals surface area contributed by atoms with Gasteiger partial charge in [0.25, 0.3) is 0 Å². The lowest BCUT2D eigenvalue weighted by atomic mass is 10.00. The summed E-state index contributed by atoms with van der Waals surface area (Å²) in [7, 11) is 0. The zero-order chi connectivity index (χ0) is 12.5. The van der Waals surface area contributed by atoms with Gasteiger partial charge in [-0.25, -0.2) is 0 Å². The first-order chi connectivity index (χ1) is 8.81. The van der Waals surface area contributed by atoms with E-state index in [0.29, 0.717) is 11.7 Å². The van der Waals surface area contributed by atoms with Crippen molar-refractivity contribution in [3.63, 3.8) is 0 Å². The molecule has 0 unspecified atom stereocenters. The monoisotopic (exact) mass is 222 g/mol. The van der Waals surface area contributed by atoms with Crippen molar-refractivity contribution in [3.05, 3.63) is 60.3 Å². The summed E-state index contributed by atoms with van der Waals surface area (Å²) in [4.78, 5) is 14.1. The van der Waals surface area contributed by atoms with Crippen molar-refractivity contribution in [3.8, 4) is 11.1 Å². The molecule has 17 heavy (non-hydrogen) atoms. The third-order valence-electron chi connectivity index (χ3n) is 2.88. The molecule has 0 radical (unpaired) electrons. The van der Waals surface area contributed by atoms with Crippen LogP contribution in [0.5, 0.6) is 0 Å². The molecule has 0 aliphatic heterocycles. The molecule has 0 aliphatic carbocycles. The van der Waals surface area contributed by atoms with Gasteiger partial charge in [-0.3, -0.25) is 4.79 Å². The summed E-state index contributed by atoms with van der Waals surface area (Å²) >= 11 is 0. The molecular formula is C15H11NO. The van der Waals surface area contributed by atoms with Gasteiger partial charge in [-0.2, -0.15) is 0 Å². The van der Waals surface area contributed by atoms with Gasteiger partial charge in [0.15, 0.2) is 6.29 Å². The van der Waals surface area contributed by atoms with Crippen LogP contribution >= 0.6 is 0 Å². The fraction of sp³-hybridized carbons (Fsp3) is 0. The summed E-state index contributed by atoms with van der Waals surface area (Å²) < 4.78 is 8.04. The van der Waals surface area contributed by atoms with E-state index in [1.165, 1.54) is 0 Å². The van der Waals surface area contributed by atoms with Crippen LogP contribution in [-0.2, 0) is 0 Å². The molecule has 2 heteroatoms. The van der Waals surface area contributed by atoms with Gasteiger partial charge in [0.2, 0.25) is 0 Å². The molecule has 0 atom stereocenters. The Kier molecular flexibility index (Phi) is 2.01. The lowest BCUT2D eigenvalue weighted by Gasteiger charge is -2.02. The van der Waals surface area contributed by atoms with Crippen LogP contribution in [0.2, 0.25) is 0 Å². The minimum absolute atomic E-state index is 0.338. The Labute approximate surface area is 100 Å². The Morgan fingerprint density at radius 2 is 1.76 bits per heavy atom. The lowest BCUT2D eigenvalue weighted by Crippen LogP contribution is -1.85. The Balaban J connectivity index is 2.38. The van der Waals surface area contributed by atoms with Crippen LogP contribution in [0, 0.1) is 0 Å². The van der Waals surface area contributed by atoms with Crippen molar-refractivity contribution >= 4 is 17.2 Å². The Morgan fingerprint density at radius 1 is 1.00 bits per heavy atom. The van der Waals surface area contributed by atoms with E-state index < -0.39 is 0 Å². The number of para-hydroxylation sites is 1. The normalized spacial score (nSPS) is 11.4. The number of aldehydes is 1. The number of hydrogen-bond acceptors (Lipinski definition) is 1. The van der Waals surface area contributed by atoms with Gasteiger partial charge in [0.05, 0.1) is 1.37 Å². The van der Waals surface area contributed by atoms with Crippen molar-refractivity contribution in [2.45, 2.75) is 0 Å². The molecule has 2 nitrogen and oxygen atoms in total. The molecule has 0 saturated carbocycles. The summed E-state index contributed by atoms with van der Waals surface area (Å²) in [6, 6.07) is 15.1. The van der Waals surface area contributed by atoms with Gasteiger partial charge in [-0.1, -0.05) is 42.5 Å². The number of aromatic amines is 1. The van der Waals surface area contributed by atoms with E-state index in [1.54, 1.807) is 6.07 Å². The molecular weight excluding hydrogens is 210 g/mol. The number of benzene rings is 2. The molecule has 1 aromatic heterocycles.